The second-order valence-electron chi connectivity index (χ2n) is 5.56. The molecule has 2 rings (SSSR count). The molecule has 0 spiro atoms. The van der Waals surface area contributed by atoms with Crippen LogP contribution in [0.2, 0.25) is 0 Å². The molecular formula is C16H19NO4. The molecule has 0 radical (unpaired) electrons. The van der Waals surface area contributed by atoms with Crippen LogP contribution in [-0.4, -0.2) is 40.3 Å². The molecule has 1 fully saturated rings. The highest BCUT2D eigenvalue weighted by Crippen LogP contribution is 2.21. The quantitative estimate of drug-likeness (QED) is 0.681. The Kier molecular flexibility index (Phi) is 4.11. The van der Waals surface area contributed by atoms with E-state index in [2.05, 4.69) is 0 Å². The van der Waals surface area contributed by atoms with Crippen LogP contribution in [0.1, 0.15) is 39.9 Å². The number of likely N-dealkylation sites (tertiary alicyclic amines) is 1. The maximum Gasteiger partial charge on any atom is 0.326 e. The number of aryl methyl sites for hydroxylation is 2. The number of aliphatic carboxylic acids is 1. The lowest BCUT2D eigenvalue weighted by atomic mass is 9.98. The molecular weight excluding hydrogens is 270 g/mol. The Bertz CT molecular complexity index is 598. The number of carbonyl (C=O) groups is 3. The third-order valence-electron chi connectivity index (χ3n) is 4.18. The first-order valence-electron chi connectivity index (χ1n) is 6.99. The topological polar surface area (TPSA) is 74.7 Å². The van der Waals surface area contributed by atoms with Crippen LogP contribution in [0.5, 0.6) is 0 Å². The van der Waals surface area contributed by atoms with Gasteiger partial charge in [0, 0.05) is 12.1 Å². The summed E-state index contributed by atoms with van der Waals surface area (Å²) in [5.41, 5.74) is 3.31. The Morgan fingerprint density at radius 3 is 2.24 bits per heavy atom. The zero-order valence-corrected chi connectivity index (χ0v) is 12.5. The summed E-state index contributed by atoms with van der Waals surface area (Å²) in [5, 5.41) is 9.10. The molecule has 1 heterocycles. The molecule has 1 unspecified atom stereocenters. The molecule has 21 heavy (non-hydrogen) atoms. The Hall–Kier alpha value is -2.17. The van der Waals surface area contributed by atoms with Crippen molar-refractivity contribution in [3.8, 4) is 0 Å². The largest absolute Gasteiger partial charge is 0.480 e. The van der Waals surface area contributed by atoms with Gasteiger partial charge in [-0.25, -0.2) is 4.79 Å². The number of Topliss-reactive ketones (excluding diaryl/α,β-unsaturated/α-hetero) is 1. The molecule has 1 saturated heterocycles. The van der Waals surface area contributed by atoms with Gasteiger partial charge in [-0.2, -0.15) is 0 Å². The fraction of sp³-hybridized carbons (Fsp3) is 0.438. The molecule has 1 aromatic rings. The first-order chi connectivity index (χ1) is 9.82. The number of rotatable bonds is 3. The molecule has 1 aliphatic rings. The Balaban J connectivity index is 2.28. The van der Waals surface area contributed by atoms with Crippen LogP contribution >= 0.6 is 0 Å². The van der Waals surface area contributed by atoms with Crippen LogP contribution in [0.3, 0.4) is 0 Å². The van der Waals surface area contributed by atoms with Gasteiger partial charge in [-0.05, 0) is 62.4 Å². The van der Waals surface area contributed by atoms with Gasteiger partial charge in [0.25, 0.3) is 5.91 Å². The van der Waals surface area contributed by atoms with Crippen LogP contribution in [-0.2, 0) is 9.59 Å². The van der Waals surface area contributed by atoms with Gasteiger partial charge in [0.05, 0.1) is 0 Å². The van der Waals surface area contributed by atoms with Gasteiger partial charge in [0.2, 0.25) is 5.78 Å². The molecule has 0 aliphatic carbocycles. The van der Waals surface area contributed by atoms with E-state index in [-0.39, 0.29) is 0 Å². The molecule has 0 saturated carbocycles. The van der Waals surface area contributed by atoms with Crippen molar-refractivity contribution < 1.29 is 19.5 Å². The van der Waals surface area contributed by atoms with Gasteiger partial charge < -0.3 is 10.0 Å². The normalized spacial score (nSPS) is 17.9. The van der Waals surface area contributed by atoms with Gasteiger partial charge in [-0.3, -0.25) is 9.59 Å². The van der Waals surface area contributed by atoms with Crippen molar-refractivity contribution in [2.45, 2.75) is 39.7 Å². The Morgan fingerprint density at radius 2 is 1.71 bits per heavy atom. The highest BCUT2D eigenvalue weighted by atomic mass is 16.4. The number of carboxylic acid groups (broad SMARTS) is 1. The first kappa shape index (κ1) is 15.2. The first-order valence-corrected chi connectivity index (χ1v) is 6.99. The van der Waals surface area contributed by atoms with Crippen LogP contribution < -0.4 is 0 Å². The fourth-order valence-electron chi connectivity index (χ4n) is 2.69. The van der Waals surface area contributed by atoms with Crippen molar-refractivity contribution in [1.82, 2.24) is 4.90 Å². The molecule has 1 aromatic carbocycles. The lowest BCUT2D eigenvalue weighted by Gasteiger charge is -2.20. The van der Waals surface area contributed by atoms with Crippen molar-refractivity contribution in [2.75, 3.05) is 6.54 Å². The lowest BCUT2D eigenvalue weighted by molar-refractivity contribution is -0.146. The van der Waals surface area contributed by atoms with Crippen molar-refractivity contribution in [3.05, 3.63) is 34.4 Å². The van der Waals surface area contributed by atoms with E-state index in [1.807, 2.05) is 20.8 Å². The van der Waals surface area contributed by atoms with E-state index in [0.717, 1.165) is 16.7 Å². The highest BCUT2D eigenvalue weighted by Gasteiger charge is 2.37. The van der Waals surface area contributed by atoms with Crippen molar-refractivity contribution in [3.63, 3.8) is 0 Å². The van der Waals surface area contributed by atoms with Gasteiger partial charge in [-0.15, -0.1) is 0 Å². The van der Waals surface area contributed by atoms with E-state index < -0.39 is 23.7 Å². The number of carbonyl (C=O) groups excluding carboxylic acids is 2. The standard InChI is InChI=1S/C16H19NO4/c1-9-7-12(8-10(2)11(9)3)14(18)15(19)17-6-4-5-13(17)16(20)21/h7-8,13H,4-6H2,1-3H3,(H,20,21). The van der Waals surface area contributed by atoms with Crippen LogP contribution in [0.4, 0.5) is 0 Å². The minimum absolute atomic E-state index is 0.325. The summed E-state index contributed by atoms with van der Waals surface area (Å²) in [6.07, 6.45) is 1.02. The Morgan fingerprint density at radius 1 is 1.14 bits per heavy atom. The number of nitrogens with zero attached hydrogens (tertiary/aromatic N) is 1. The monoisotopic (exact) mass is 289 g/mol. The van der Waals surface area contributed by atoms with E-state index in [0.29, 0.717) is 24.9 Å². The molecule has 5 heteroatoms. The number of ketones is 1. The van der Waals surface area contributed by atoms with Gasteiger partial charge in [0.1, 0.15) is 6.04 Å². The lowest BCUT2D eigenvalue weighted by Crippen LogP contribution is -2.43. The molecule has 1 aliphatic heterocycles. The van der Waals surface area contributed by atoms with E-state index in [1.54, 1.807) is 12.1 Å². The Labute approximate surface area is 123 Å². The van der Waals surface area contributed by atoms with E-state index in [4.69, 9.17) is 5.11 Å². The van der Waals surface area contributed by atoms with Gasteiger partial charge in [-0.1, -0.05) is 0 Å². The summed E-state index contributed by atoms with van der Waals surface area (Å²) in [6, 6.07) is 2.50. The number of carboxylic acids is 1. The second kappa shape index (κ2) is 5.68. The summed E-state index contributed by atoms with van der Waals surface area (Å²) in [7, 11) is 0. The fourth-order valence-corrected chi connectivity index (χ4v) is 2.69. The van der Waals surface area contributed by atoms with E-state index >= 15 is 0 Å². The van der Waals surface area contributed by atoms with Gasteiger partial charge >= 0.3 is 5.97 Å². The third kappa shape index (κ3) is 2.82. The average molecular weight is 289 g/mol. The SMILES string of the molecule is Cc1cc(C(=O)C(=O)N2CCCC2C(=O)O)cc(C)c1C. The predicted octanol–water partition coefficient (Wildman–Crippen LogP) is 1.87. The maximum atomic E-state index is 12.3. The smallest absolute Gasteiger partial charge is 0.326 e. The van der Waals surface area contributed by atoms with Crippen molar-refractivity contribution in [1.29, 1.82) is 0 Å². The van der Waals surface area contributed by atoms with Crippen molar-refractivity contribution >= 4 is 17.7 Å². The molecule has 1 N–H and O–H groups in total. The summed E-state index contributed by atoms with van der Waals surface area (Å²) in [4.78, 5) is 36.9. The molecule has 1 atom stereocenters. The summed E-state index contributed by atoms with van der Waals surface area (Å²) in [5.74, 6) is -2.40. The number of benzene rings is 1. The number of amides is 1. The van der Waals surface area contributed by atoms with E-state index in [1.165, 1.54) is 4.90 Å². The van der Waals surface area contributed by atoms with Crippen LogP contribution in [0.15, 0.2) is 12.1 Å². The summed E-state index contributed by atoms with van der Waals surface area (Å²) in [6.45, 7) is 6.06. The van der Waals surface area contributed by atoms with Gasteiger partial charge in [0.15, 0.2) is 0 Å². The van der Waals surface area contributed by atoms with Crippen molar-refractivity contribution in [2.24, 2.45) is 0 Å². The predicted molar refractivity (Wildman–Crippen MR) is 77.4 cm³/mol. The minimum atomic E-state index is -1.05. The highest BCUT2D eigenvalue weighted by molar-refractivity contribution is 6.43. The number of hydrogen-bond donors (Lipinski definition) is 1. The summed E-state index contributed by atoms with van der Waals surface area (Å²) >= 11 is 0. The molecule has 1 amide bonds. The zero-order valence-electron chi connectivity index (χ0n) is 12.5. The van der Waals surface area contributed by atoms with Crippen LogP contribution in [0, 0.1) is 20.8 Å². The van der Waals surface area contributed by atoms with E-state index in [9.17, 15) is 14.4 Å². The molecule has 0 aromatic heterocycles. The molecule has 0 bridgehead atoms. The van der Waals surface area contributed by atoms with Crippen LogP contribution in [0.25, 0.3) is 0 Å². The third-order valence-corrected chi connectivity index (χ3v) is 4.18. The average Bonchev–Trinajstić information content (AvgIpc) is 2.92. The zero-order chi connectivity index (χ0) is 15.7. The number of hydrogen-bond acceptors (Lipinski definition) is 3. The molecule has 5 nitrogen and oxygen atoms in total. The minimum Gasteiger partial charge on any atom is -0.480 e. The summed E-state index contributed by atoms with van der Waals surface area (Å²) < 4.78 is 0. The molecule has 112 valence electrons. The maximum absolute atomic E-state index is 12.3. The second-order valence-corrected chi connectivity index (χ2v) is 5.56.